The van der Waals surface area contributed by atoms with Gasteiger partial charge in [-0.15, -0.1) is 0 Å². The zero-order valence-electron chi connectivity index (χ0n) is 12.4. The van der Waals surface area contributed by atoms with Gasteiger partial charge in [0.05, 0.1) is 18.7 Å². The molecule has 1 aliphatic rings. The van der Waals surface area contributed by atoms with Crippen molar-refractivity contribution in [3.8, 4) is 5.75 Å². The van der Waals surface area contributed by atoms with Gasteiger partial charge in [0.15, 0.2) is 0 Å². The number of anilines is 1. The van der Waals surface area contributed by atoms with Crippen molar-refractivity contribution in [1.82, 2.24) is 5.32 Å². The molecule has 0 bridgehead atoms. The van der Waals surface area contributed by atoms with Gasteiger partial charge in [-0.05, 0) is 19.1 Å². The Labute approximate surface area is 128 Å². The number of fused-ring (bicyclic) bond motifs is 1. The highest BCUT2D eigenvalue weighted by Crippen LogP contribution is 2.30. The van der Waals surface area contributed by atoms with Crippen LogP contribution in [0.3, 0.4) is 0 Å². The van der Waals surface area contributed by atoms with Crippen molar-refractivity contribution in [2.45, 2.75) is 25.8 Å². The molecule has 118 valence electrons. The maximum absolute atomic E-state index is 12.2. The lowest BCUT2D eigenvalue weighted by atomic mass is 10.2. The molecule has 0 aliphatic carbocycles. The van der Waals surface area contributed by atoms with Crippen LogP contribution in [-0.2, 0) is 14.4 Å². The zero-order chi connectivity index (χ0) is 16.1. The van der Waals surface area contributed by atoms with Gasteiger partial charge in [-0.2, -0.15) is 0 Å². The second kappa shape index (κ2) is 6.93. The average molecular weight is 305 g/mol. The molecule has 0 radical (unpaired) electrons. The van der Waals surface area contributed by atoms with Crippen molar-refractivity contribution in [3.63, 3.8) is 0 Å². The monoisotopic (exact) mass is 305 g/mol. The quantitative estimate of drug-likeness (QED) is 0.810. The van der Waals surface area contributed by atoms with E-state index in [4.69, 9.17) is 10.5 Å². The third kappa shape index (κ3) is 3.75. The first kappa shape index (κ1) is 15.8. The number of primary amides is 1. The lowest BCUT2D eigenvalue weighted by Crippen LogP contribution is -2.43. The first-order chi connectivity index (χ1) is 10.5. The van der Waals surface area contributed by atoms with Gasteiger partial charge < -0.3 is 20.7 Å². The van der Waals surface area contributed by atoms with Gasteiger partial charge in [0.2, 0.25) is 17.7 Å². The average Bonchev–Trinajstić information content (AvgIpc) is 2.63. The molecule has 3 N–H and O–H groups in total. The summed E-state index contributed by atoms with van der Waals surface area (Å²) in [7, 11) is 0. The Morgan fingerprint density at radius 3 is 2.86 bits per heavy atom. The minimum absolute atomic E-state index is 0.0810. The van der Waals surface area contributed by atoms with Gasteiger partial charge >= 0.3 is 0 Å². The summed E-state index contributed by atoms with van der Waals surface area (Å²) in [5.74, 6) is -0.403. The Bertz CT molecular complexity index is 588. The topological polar surface area (TPSA) is 102 Å². The summed E-state index contributed by atoms with van der Waals surface area (Å²) in [5.41, 5.74) is 5.75. The van der Waals surface area contributed by atoms with Crippen LogP contribution in [0.2, 0.25) is 0 Å². The number of ether oxygens (including phenoxy) is 1. The van der Waals surface area contributed by atoms with Crippen molar-refractivity contribution >= 4 is 23.4 Å². The zero-order valence-corrected chi connectivity index (χ0v) is 12.4. The smallest absolute Gasteiger partial charge is 0.239 e. The van der Waals surface area contributed by atoms with Crippen LogP contribution in [0.5, 0.6) is 5.75 Å². The molecule has 1 aromatic carbocycles. The SMILES string of the molecule is C[C@@H](NC(=O)CCN1C(=O)CCOc2ccccc21)C(N)=O. The van der Waals surface area contributed by atoms with Gasteiger partial charge in [-0.1, -0.05) is 12.1 Å². The van der Waals surface area contributed by atoms with E-state index in [0.717, 1.165) is 0 Å². The summed E-state index contributed by atoms with van der Waals surface area (Å²) in [6, 6.07) is 6.47. The van der Waals surface area contributed by atoms with Crippen LogP contribution in [0.15, 0.2) is 24.3 Å². The van der Waals surface area contributed by atoms with E-state index < -0.39 is 11.9 Å². The fourth-order valence-corrected chi connectivity index (χ4v) is 2.16. The minimum atomic E-state index is -0.733. The minimum Gasteiger partial charge on any atom is -0.491 e. The lowest BCUT2D eigenvalue weighted by Gasteiger charge is -2.22. The molecule has 1 aliphatic heterocycles. The van der Waals surface area contributed by atoms with E-state index in [0.29, 0.717) is 18.0 Å². The Hall–Kier alpha value is -2.57. The summed E-state index contributed by atoms with van der Waals surface area (Å²) in [4.78, 5) is 36.4. The summed E-state index contributed by atoms with van der Waals surface area (Å²) in [6.45, 7) is 2.05. The summed E-state index contributed by atoms with van der Waals surface area (Å²) in [5, 5.41) is 2.49. The third-order valence-electron chi connectivity index (χ3n) is 3.40. The Morgan fingerprint density at radius 1 is 1.41 bits per heavy atom. The molecule has 0 aromatic heterocycles. The Balaban J connectivity index is 2.03. The number of carbonyl (C=O) groups is 3. The predicted octanol–water partition coefficient (Wildman–Crippen LogP) is 0.182. The molecule has 7 nitrogen and oxygen atoms in total. The molecule has 1 atom stereocenters. The largest absolute Gasteiger partial charge is 0.491 e. The second-order valence-electron chi connectivity index (χ2n) is 5.05. The maximum Gasteiger partial charge on any atom is 0.239 e. The third-order valence-corrected chi connectivity index (χ3v) is 3.40. The van der Waals surface area contributed by atoms with E-state index in [9.17, 15) is 14.4 Å². The molecule has 0 saturated carbocycles. The van der Waals surface area contributed by atoms with Crippen LogP contribution in [0.1, 0.15) is 19.8 Å². The van der Waals surface area contributed by atoms with Crippen molar-refractivity contribution in [3.05, 3.63) is 24.3 Å². The first-order valence-corrected chi connectivity index (χ1v) is 7.10. The molecule has 0 unspecified atom stereocenters. The van der Waals surface area contributed by atoms with Crippen LogP contribution in [0.25, 0.3) is 0 Å². The van der Waals surface area contributed by atoms with E-state index in [1.807, 2.05) is 12.1 Å². The highest BCUT2D eigenvalue weighted by Gasteiger charge is 2.23. The molecular weight excluding hydrogens is 286 g/mol. The van der Waals surface area contributed by atoms with E-state index in [-0.39, 0.29) is 31.2 Å². The summed E-state index contributed by atoms with van der Waals surface area (Å²) < 4.78 is 5.53. The molecule has 2 rings (SSSR count). The Morgan fingerprint density at radius 2 is 2.14 bits per heavy atom. The number of rotatable bonds is 5. The van der Waals surface area contributed by atoms with Crippen LogP contribution < -0.4 is 20.7 Å². The van der Waals surface area contributed by atoms with Crippen molar-refractivity contribution in [1.29, 1.82) is 0 Å². The summed E-state index contributed by atoms with van der Waals surface area (Å²) in [6.07, 6.45) is 0.339. The number of hydrogen-bond acceptors (Lipinski definition) is 4. The van der Waals surface area contributed by atoms with Crippen molar-refractivity contribution in [2.24, 2.45) is 5.73 Å². The van der Waals surface area contributed by atoms with Gasteiger partial charge in [0.25, 0.3) is 0 Å². The van der Waals surface area contributed by atoms with Crippen LogP contribution in [0.4, 0.5) is 5.69 Å². The Kier molecular flexibility index (Phi) is 4.98. The number of amides is 3. The van der Waals surface area contributed by atoms with E-state index in [1.165, 1.54) is 11.8 Å². The van der Waals surface area contributed by atoms with Gasteiger partial charge in [-0.3, -0.25) is 14.4 Å². The molecular formula is C15H19N3O4. The predicted molar refractivity (Wildman–Crippen MR) is 80.3 cm³/mol. The van der Waals surface area contributed by atoms with Gasteiger partial charge in [0, 0.05) is 13.0 Å². The molecule has 0 saturated heterocycles. The number of benzene rings is 1. The molecule has 22 heavy (non-hydrogen) atoms. The van der Waals surface area contributed by atoms with Crippen molar-refractivity contribution in [2.75, 3.05) is 18.1 Å². The van der Waals surface area contributed by atoms with E-state index >= 15 is 0 Å². The molecule has 0 spiro atoms. The number of nitrogens with one attached hydrogen (secondary N) is 1. The standard InChI is InChI=1S/C15H19N3O4/c1-10(15(16)21)17-13(19)6-8-18-11-4-2-3-5-12(11)22-9-7-14(18)20/h2-5,10H,6-9H2,1H3,(H2,16,21)(H,17,19)/t10-/m1/s1. The highest BCUT2D eigenvalue weighted by atomic mass is 16.5. The van der Waals surface area contributed by atoms with E-state index in [2.05, 4.69) is 5.32 Å². The number of para-hydroxylation sites is 2. The van der Waals surface area contributed by atoms with Crippen molar-refractivity contribution < 1.29 is 19.1 Å². The normalized spacial score (nSPS) is 15.3. The van der Waals surface area contributed by atoms with Crippen LogP contribution >= 0.6 is 0 Å². The molecule has 7 heteroatoms. The number of nitrogens with two attached hydrogens (primary N) is 1. The molecule has 1 heterocycles. The maximum atomic E-state index is 12.2. The summed E-state index contributed by atoms with van der Waals surface area (Å²) >= 11 is 0. The fraction of sp³-hybridized carbons (Fsp3) is 0.400. The molecule has 1 aromatic rings. The number of carbonyl (C=O) groups excluding carboxylic acids is 3. The highest BCUT2D eigenvalue weighted by molar-refractivity contribution is 5.96. The van der Waals surface area contributed by atoms with E-state index in [1.54, 1.807) is 12.1 Å². The van der Waals surface area contributed by atoms with Crippen LogP contribution in [0, 0.1) is 0 Å². The first-order valence-electron chi connectivity index (χ1n) is 7.10. The van der Waals surface area contributed by atoms with Crippen LogP contribution in [-0.4, -0.2) is 36.9 Å². The molecule has 0 fully saturated rings. The van der Waals surface area contributed by atoms with Gasteiger partial charge in [-0.25, -0.2) is 0 Å². The molecule has 3 amide bonds. The van der Waals surface area contributed by atoms with Gasteiger partial charge in [0.1, 0.15) is 11.8 Å². The fourth-order valence-electron chi connectivity index (χ4n) is 2.16. The number of nitrogens with zero attached hydrogens (tertiary/aromatic N) is 1. The second-order valence-corrected chi connectivity index (χ2v) is 5.05. The lowest BCUT2D eigenvalue weighted by molar-refractivity contribution is -0.127. The number of hydrogen-bond donors (Lipinski definition) is 2.